The molecule has 0 bridgehead atoms. The predicted molar refractivity (Wildman–Crippen MR) is 88.4 cm³/mol. The first kappa shape index (κ1) is 16.8. The van der Waals surface area contributed by atoms with Crippen molar-refractivity contribution in [3.8, 4) is 0 Å². The fraction of sp³-hybridized carbons (Fsp3) is 0.667. The lowest BCUT2D eigenvalue weighted by atomic mass is 9.74. The van der Waals surface area contributed by atoms with Gasteiger partial charge in [0.25, 0.3) is 0 Å². The van der Waals surface area contributed by atoms with E-state index >= 15 is 0 Å². The molecule has 1 aliphatic carbocycles. The lowest BCUT2D eigenvalue weighted by Gasteiger charge is -2.38. The fourth-order valence-electron chi connectivity index (χ4n) is 3.75. The smallest absolute Gasteiger partial charge is 0.142 e. The van der Waals surface area contributed by atoms with Crippen LogP contribution in [0.5, 0.6) is 0 Å². The third-order valence-corrected chi connectivity index (χ3v) is 5.41. The first-order chi connectivity index (χ1) is 10.1. The van der Waals surface area contributed by atoms with Crippen LogP contribution in [0.1, 0.15) is 57.9 Å². The average Bonchev–Trinajstić information content (AvgIpc) is 2.97. The molecular formula is C18H27ClFN. The largest absolute Gasteiger partial charge is 0.313 e. The Morgan fingerprint density at radius 2 is 2.00 bits per heavy atom. The summed E-state index contributed by atoms with van der Waals surface area (Å²) >= 11 is 5.79. The van der Waals surface area contributed by atoms with E-state index < -0.39 is 0 Å². The summed E-state index contributed by atoms with van der Waals surface area (Å²) in [5.74, 6) is -0.305. The maximum Gasteiger partial charge on any atom is 0.142 e. The standard InChI is InChI=1S/C18H27ClFN/c1-3-11-21-17(18(4-2)9-5-6-10-18)13-14-7-8-15(19)16(20)12-14/h7-8,12,17,21H,3-6,9-11,13H2,1-2H3. The van der Waals surface area contributed by atoms with Gasteiger partial charge in [-0.2, -0.15) is 0 Å². The van der Waals surface area contributed by atoms with Crippen LogP contribution < -0.4 is 5.32 Å². The average molecular weight is 312 g/mol. The van der Waals surface area contributed by atoms with Crippen LogP contribution in [0, 0.1) is 11.2 Å². The van der Waals surface area contributed by atoms with Crippen LogP contribution in [0.3, 0.4) is 0 Å². The van der Waals surface area contributed by atoms with Crippen LogP contribution >= 0.6 is 11.6 Å². The van der Waals surface area contributed by atoms with E-state index in [0.717, 1.165) is 24.9 Å². The maximum atomic E-state index is 13.7. The highest BCUT2D eigenvalue weighted by atomic mass is 35.5. The molecule has 0 heterocycles. The molecule has 2 rings (SSSR count). The molecule has 0 amide bonds. The van der Waals surface area contributed by atoms with Crippen LogP contribution in [0.2, 0.25) is 5.02 Å². The van der Waals surface area contributed by atoms with Crippen LogP contribution in [0.15, 0.2) is 18.2 Å². The number of halogens is 2. The molecule has 0 spiro atoms. The van der Waals surface area contributed by atoms with Gasteiger partial charge in [-0.1, -0.05) is 44.4 Å². The van der Waals surface area contributed by atoms with E-state index in [-0.39, 0.29) is 10.8 Å². The van der Waals surface area contributed by atoms with Gasteiger partial charge >= 0.3 is 0 Å². The molecule has 3 heteroatoms. The summed E-state index contributed by atoms with van der Waals surface area (Å²) in [6.07, 6.45) is 8.46. The summed E-state index contributed by atoms with van der Waals surface area (Å²) < 4.78 is 13.7. The number of nitrogens with one attached hydrogen (secondary N) is 1. The predicted octanol–water partition coefficient (Wildman–Crippen LogP) is 5.36. The minimum absolute atomic E-state index is 0.211. The van der Waals surface area contributed by atoms with Gasteiger partial charge in [0.15, 0.2) is 0 Å². The first-order valence-corrected chi connectivity index (χ1v) is 8.66. The maximum absolute atomic E-state index is 13.7. The second-order valence-corrected chi connectivity index (χ2v) is 6.79. The Morgan fingerprint density at radius 1 is 1.29 bits per heavy atom. The van der Waals surface area contributed by atoms with E-state index in [1.807, 2.05) is 6.07 Å². The van der Waals surface area contributed by atoms with E-state index in [1.165, 1.54) is 32.1 Å². The van der Waals surface area contributed by atoms with Gasteiger partial charge in [-0.3, -0.25) is 0 Å². The molecule has 1 fully saturated rings. The molecule has 1 saturated carbocycles. The highest BCUT2D eigenvalue weighted by Gasteiger charge is 2.39. The number of rotatable bonds is 7. The number of hydrogen-bond acceptors (Lipinski definition) is 1. The van der Waals surface area contributed by atoms with Crippen molar-refractivity contribution in [1.82, 2.24) is 5.32 Å². The molecule has 1 aromatic rings. The van der Waals surface area contributed by atoms with Crippen molar-refractivity contribution < 1.29 is 4.39 Å². The molecule has 1 aliphatic rings. The van der Waals surface area contributed by atoms with E-state index in [0.29, 0.717) is 11.5 Å². The van der Waals surface area contributed by atoms with Crippen LogP contribution in [-0.2, 0) is 6.42 Å². The lowest BCUT2D eigenvalue weighted by Crippen LogP contribution is -2.45. The minimum atomic E-state index is -0.305. The SMILES string of the molecule is CCCNC(Cc1ccc(Cl)c(F)c1)C1(CC)CCCC1. The molecular weight excluding hydrogens is 285 g/mol. The van der Waals surface area contributed by atoms with Gasteiger partial charge in [0.05, 0.1) is 5.02 Å². The topological polar surface area (TPSA) is 12.0 Å². The Hall–Kier alpha value is -0.600. The zero-order valence-electron chi connectivity index (χ0n) is 13.2. The molecule has 1 N–H and O–H groups in total. The normalized spacial score (nSPS) is 18.9. The van der Waals surface area contributed by atoms with Crippen LogP contribution in [0.4, 0.5) is 4.39 Å². The summed E-state index contributed by atoms with van der Waals surface area (Å²) in [6.45, 7) is 5.52. The zero-order chi connectivity index (χ0) is 15.3. The van der Waals surface area contributed by atoms with Crippen molar-refractivity contribution in [3.63, 3.8) is 0 Å². The molecule has 0 aliphatic heterocycles. The van der Waals surface area contributed by atoms with Gasteiger partial charge in [0.1, 0.15) is 5.82 Å². The molecule has 0 saturated heterocycles. The van der Waals surface area contributed by atoms with Crippen molar-refractivity contribution in [1.29, 1.82) is 0 Å². The van der Waals surface area contributed by atoms with E-state index in [1.54, 1.807) is 12.1 Å². The van der Waals surface area contributed by atoms with Gasteiger partial charge in [0, 0.05) is 6.04 Å². The molecule has 21 heavy (non-hydrogen) atoms. The summed E-state index contributed by atoms with van der Waals surface area (Å²) in [5.41, 5.74) is 1.43. The van der Waals surface area contributed by atoms with Gasteiger partial charge in [-0.15, -0.1) is 0 Å². The van der Waals surface area contributed by atoms with E-state index in [2.05, 4.69) is 19.2 Å². The third-order valence-electron chi connectivity index (χ3n) is 5.11. The summed E-state index contributed by atoms with van der Waals surface area (Å²) in [4.78, 5) is 0. The molecule has 0 aromatic heterocycles. The first-order valence-electron chi connectivity index (χ1n) is 8.28. The van der Waals surface area contributed by atoms with Crippen molar-refractivity contribution in [2.75, 3.05) is 6.54 Å². The molecule has 0 radical (unpaired) electrons. The van der Waals surface area contributed by atoms with Gasteiger partial charge < -0.3 is 5.32 Å². The van der Waals surface area contributed by atoms with Crippen molar-refractivity contribution in [2.45, 2.75) is 64.8 Å². The van der Waals surface area contributed by atoms with E-state index in [9.17, 15) is 4.39 Å². The third kappa shape index (κ3) is 3.98. The zero-order valence-corrected chi connectivity index (χ0v) is 14.0. The second-order valence-electron chi connectivity index (χ2n) is 6.38. The lowest BCUT2D eigenvalue weighted by molar-refractivity contribution is 0.184. The Kier molecular flexibility index (Phi) is 6.07. The number of benzene rings is 1. The molecule has 1 nitrogen and oxygen atoms in total. The van der Waals surface area contributed by atoms with Gasteiger partial charge in [-0.25, -0.2) is 4.39 Å². The highest BCUT2D eigenvalue weighted by Crippen LogP contribution is 2.44. The molecule has 118 valence electrons. The minimum Gasteiger partial charge on any atom is -0.313 e. The van der Waals surface area contributed by atoms with Crippen molar-refractivity contribution in [2.24, 2.45) is 5.41 Å². The quantitative estimate of drug-likeness (QED) is 0.714. The Morgan fingerprint density at radius 3 is 2.57 bits per heavy atom. The number of hydrogen-bond donors (Lipinski definition) is 1. The molecule has 1 aromatic carbocycles. The highest BCUT2D eigenvalue weighted by molar-refractivity contribution is 6.30. The monoisotopic (exact) mass is 311 g/mol. The second kappa shape index (κ2) is 7.60. The summed E-state index contributed by atoms with van der Waals surface area (Å²) in [7, 11) is 0. The van der Waals surface area contributed by atoms with Crippen molar-refractivity contribution in [3.05, 3.63) is 34.6 Å². The van der Waals surface area contributed by atoms with Crippen molar-refractivity contribution >= 4 is 11.6 Å². The molecule has 1 atom stereocenters. The Labute approximate surface area is 133 Å². The van der Waals surface area contributed by atoms with Gasteiger partial charge in [0.2, 0.25) is 0 Å². The summed E-state index contributed by atoms with van der Waals surface area (Å²) in [5, 5.41) is 3.94. The fourth-order valence-corrected chi connectivity index (χ4v) is 3.87. The van der Waals surface area contributed by atoms with Crippen LogP contribution in [-0.4, -0.2) is 12.6 Å². The Balaban J connectivity index is 2.17. The van der Waals surface area contributed by atoms with E-state index in [4.69, 9.17) is 11.6 Å². The van der Waals surface area contributed by atoms with Gasteiger partial charge in [-0.05, 0) is 61.8 Å². The Bertz CT molecular complexity index is 455. The molecule has 1 unspecified atom stereocenters. The van der Waals surface area contributed by atoms with Crippen LogP contribution in [0.25, 0.3) is 0 Å². The summed E-state index contributed by atoms with van der Waals surface area (Å²) in [6, 6.07) is 5.67.